The van der Waals surface area contributed by atoms with E-state index in [2.05, 4.69) is 20.3 Å². The van der Waals surface area contributed by atoms with Crippen molar-refractivity contribution >= 4 is 5.91 Å². The van der Waals surface area contributed by atoms with Crippen molar-refractivity contribution in [3.8, 4) is 0 Å². The third-order valence-corrected chi connectivity index (χ3v) is 5.15. The summed E-state index contributed by atoms with van der Waals surface area (Å²) in [5.41, 5.74) is 2.14. The maximum atomic E-state index is 12.8. The van der Waals surface area contributed by atoms with Gasteiger partial charge in [-0.05, 0) is 30.5 Å². The van der Waals surface area contributed by atoms with Crippen molar-refractivity contribution in [1.82, 2.24) is 25.0 Å². The number of hydrogen-bond donors (Lipinski definition) is 1. The SMILES string of the molecule is O=C(NCc1cccnc1)C1CN(C2CCCC2)Cc2ccnn21. The Morgan fingerprint density at radius 2 is 2.12 bits per heavy atom. The number of nitrogens with one attached hydrogen (secondary N) is 1. The second kappa shape index (κ2) is 6.73. The number of amides is 1. The van der Waals surface area contributed by atoms with Crippen LogP contribution in [0.4, 0.5) is 0 Å². The summed E-state index contributed by atoms with van der Waals surface area (Å²) in [5, 5.41) is 7.44. The predicted molar refractivity (Wildman–Crippen MR) is 90.0 cm³/mol. The molecule has 6 heteroatoms. The molecule has 2 aliphatic rings. The van der Waals surface area contributed by atoms with E-state index in [9.17, 15) is 4.79 Å². The molecular weight excluding hydrogens is 302 g/mol. The summed E-state index contributed by atoms with van der Waals surface area (Å²) in [5.74, 6) is 0.0338. The van der Waals surface area contributed by atoms with Crippen LogP contribution in [-0.4, -0.2) is 38.2 Å². The third kappa shape index (κ3) is 3.06. The zero-order valence-electron chi connectivity index (χ0n) is 13.8. The fourth-order valence-electron chi connectivity index (χ4n) is 3.87. The predicted octanol–water partition coefficient (Wildman–Crippen LogP) is 1.89. The number of aromatic nitrogens is 3. The first-order chi connectivity index (χ1) is 11.8. The van der Waals surface area contributed by atoms with Crippen LogP contribution >= 0.6 is 0 Å². The highest BCUT2D eigenvalue weighted by Gasteiger charge is 2.34. The molecule has 0 bridgehead atoms. The molecule has 24 heavy (non-hydrogen) atoms. The lowest BCUT2D eigenvalue weighted by Gasteiger charge is -2.36. The Hall–Kier alpha value is -2.21. The lowest BCUT2D eigenvalue weighted by atomic mass is 10.1. The standard InChI is InChI=1S/C18H23N5O/c24-18(20-11-14-4-3-8-19-10-14)17-13-22(15-5-1-2-6-15)12-16-7-9-21-23(16)17/h3-4,7-10,15,17H,1-2,5-6,11-13H2,(H,20,24). The van der Waals surface area contributed by atoms with Crippen molar-refractivity contribution in [1.29, 1.82) is 0 Å². The second-order valence-electron chi connectivity index (χ2n) is 6.73. The van der Waals surface area contributed by atoms with Gasteiger partial charge < -0.3 is 5.32 Å². The van der Waals surface area contributed by atoms with Gasteiger partial charge in [-0.2, -0.15) is 5.10 Å². The van der Waals surface area contributed by atoms with E-state index in [1.165, 1.54) is 25.7 Å². The number of rotatable bonds is 4. The molecule has 2 aromatic rings. The van der Waals surface area contributed by atoms with Crippen LogP contribution in [0.3, 0.4) is 0 Å². The van der Waals surface area contributed by atoms with E-state index in [0.29, 0.717) is 12.6 Å². The number of hydrogen-bond acceptors (Lipinski definition) is 4. The summed E-state index contributed by atoms with van der Waals surface area (Å²) in [6.07, 6.45) is 10.4. The van der Waals surface area contributed by atoms with Gasteiger partial charge in [0.05, 0.1) is 5.69 Å². The number of carbonyl (C=O) groups excluding carboxylic acids is 1. The Balaban J connectivity index is 1.47. The molecule has 1 atom stereocenters. The second-order valence-corrected chi connectivity index (χ2v) is 6.73. The molecule has 6 nitrogen and oxygen atoms in total. The summed E-state index contributed by atoms with van der Waals surface area (Å²) in [6, 6.07) is 6.25. The maximum absolute atomic E-state index is 12.8. The van der Waals surface area contributed by atoms with Crippen LogP contribution in [0.1, 0.15) is 43.0 Å². The zero-order valence-corrected chi connectivity index (χ0v) is 13.8. The highest BCUT2D eigenvalue weighted by molar-refractivity contribution is 5.80. The molecule has 2 aromatic heterocycles. The minimum absolute atomic E-state index is 0.0338. The molecule has 1 unspecified atom stereocenters. The number of pyridine rings is 1. The minimum atomic E-state index is -0.249. The number of fused-ring (bicyclic) bond motifs is 1. The van der Waals surface area contributed by atoms with E-state index in [1.54, 1.807) is 18.6 Å². The smallest absolute Gasteiger partial charge is 0.246 e. The maximum Gasteiger partial charge on any atom is 0.246 e. The van der Waals surface area contributed by atoms with Crippen molar-refractivity contribution in [2.24, 2.45) is 0 Å². The quantitative estimate of drug-likeness (QED) is 0.932. The highest BCUT2D eigenvalue weighted by Crippen LogP contribution is 2.29. The van der Waals surface area contributed by atoms with Gasteiger partial charge in [0, 0.05) is 44.3 Å². The molecule has 0 spiro atoms. The van der Waals surface area contributed by atoms with Gasteiger partial charge in [-0.3, -0.25) is 19.4 Å². The van der Waals surface area contributed by atoms with E-state index < -0.39 is 0 Å². The summed E-state index contributed by atoms with van der Waals surface area (Å²) in [4.78, 5) is 19.3. The fraction of sp³-hybridized carbons (Fsp3) is 0.500. The first kappa shape index (κ1) is 15.3. The molecule has 3 heterocycles. The highest BCUT2D eigenvalue weighted by atomic mass is 16.2. The summed E-state index contributed by atoms with van der Waals surface area (Å²) in [7, 11) is 0. The zero-order chi connectivity index (χ0) is 16.4. The molecular formula is C18H23N5O. The monoisotopic (exact) mass is 325 g/mol. The van der Waals surface area contributed by atoms with Gasteiger partial charge in [-0.1, -0.05) is 18.9 Å². The Morgan fingerprint density at radius 1 is 1.25 bits per heavy atom. The molecule has 0 saturated heterocycles. The van der Waals surface area contributed by atoms with Crippen molar-refractivity contribution in [2.75, 3.05) is 6.54 Å². The van der Waals surface area contributed by atoms with Crippen molar-refractivity contribution in [3.63, 3.8) is 0 Å². The van der Waals surface area contributed by atoms with E-state index in [0.717, 1.165) is 24.3 Å². The van der Waals surface area contributed by atoms with E-state index in [4.69, 9.17) is 0 Å². The van der Waals surface area contributed by atoms with E-state index in [-0.39, 0.29) is 11.9 Å². The van der Waals surface area contributed by atoms with Crippen LogP contribution in [0.25, 0.3) is 0 Å². The molecule has 1 fully saturated rings. The molecule has 1 N–H and O–H groups in total. The van der Waals surface area contributed by atoms with Crippen LogP contribution < -0.4 is 5.32 Å². The topological polar surface area (TPSA) is 63.1 Å². The lowest BCUT2D eigenvalue weighted by Crippen LogP contribution is -2.47. The Morgan fingerprint density at radius 3 is 2.92 bits per heavy atom. The van der Waals surface area contributed by atoms with Gasteiger partial charge in [-0.15, -0.1) is 0 Å². The average molecular weight is 325 g/mol. The molecule has 0 aromatic carbocycles. The third-order valence-electron chi connectivity index (χ3n) is 5.15. The lowest BCUT2D eigenvalue weighted by molar-refractivity contribution is -0.126. The summed E-state index contributed by atoms with van der Waals surface area (Å²) < 4.78 is 1.89. The average Bonchev–Trinajstić information content (AvgIpc) is 3.30. The van der Waals surface area contributed by atoms with E-state index >= 15 is 0 Å². The summed E-state index contributed by atoms with van der Waals surface area (Å²) in [6.45, 7) is 2.15. The Labute approximate surface area is 141 Å². The number of carbonyl (C=O) groups is 1. The summed E-state index contributed by atoms with van der Waals surface area (Å²) >= 11 is 0. The fourth-order valence-corrected chi connectivity index (χ4v) is 3.87. The Bertz CT molecular complexity index is 692. The largest absolute Gasteiger partial charge is 0.350 e. The molecule has 1 aliphatic carbocycles. The van der Waals surface area contributed by atoms with Gasteiger partial charge in [-0.25, -0.2) is 0 Å². The van der Waals surface area contributed by atoms with Gasteiger partial charge in [0.2, 0.25) is 5.91 Å². The van der Waals surface area contributed by atoms with Crippen LogP contribution in [-0.2, 0) is 17.9 Å². The van der Waals surface area contributed by atoms with Gasteiger partial charge in [0.1, 0.15) is 6.04 Å². The van der Waals surface area contributed by atoms with Gasteiger partial charge in [0.25, 0.3) is 0 Å². The first-order valence-electron chi connectivity index (χ1n) is 8.74. The molecule has 126 valence electrons. The Kier molecular flexibility index (Phi) is 4.30. The van der Waals surface area contributed by atoms with Crippen LogP contribution in [0, 0.1) is 0 Å². The van der Waals surface area contributed by atoms with Crippen LogP contribution in [0.2, 0.25) is 0 Å². The molecule has 1 aliphatic heterocycles. The molecule has 1 saturated carbocycles. The minimum Gasteiger partial charge on any atom is -0.350 e. The first-order valence-corrected chi connectivity index (χ1v) is 8.74. The van der Waals surface area contributed by atoms with Crippen molar-refractivity contribution in [3.05, 3.63) is 48.0 Å². The molecule has 0 radical (unpaired) electrons. The van der Waals surface area contributed by atoms with Crippen LogP contribution in [0.15, 0.2) is 36.8 Å². The normalized spacial score (nSPS) is 21.6. The molecule has 1 amide bonds. The van der Waals surface area contributed by atoms with Gasteiger partial charge in [0.15, 0.2) is 0 Å². The van der Waals surface area contributed by atoms with Crippen LogP contribution in [0.5, 0.6) is 0 Å². The van der Waals surface area contributed by atoms with Gasteiger partial charge >= 0.3 is 0 Å². The van der Waals surface area contributed by atoms with E-state index in [1.807, 2.05) is 22.9 Å². The van der Waals surface area contributed by atoms with Crippen molar-refractivity contribution < 1.29 is 4.79 Å². The van der Waals surface area contributed by atoms with Crippen molar-refractivity contribution in [2.45, 2.75) is 50.9 Å². The number of nitrogens with zero attached hydrogens (tertiary/aromatic N) is 4. The molecule has 4 rings (SSSR count).